The van der Waals surface area contributed by atoms with Crippen LogP contribution in [0.2, 0.25) is 0 Å². The summed E-state index contributed by atoms with van der Waals surface area (Å²) in [5, 5.41) is 4.39. The quantitative estimate of drug-likeness (QED) is 0.724. The first-order valence-corrected chi connectivity index (χ1v) is 7.22. The van der Waals surface area contributed by atoms with Gasteiger partial charge in [-0.2, -0.15) is 0 Å². The standard InChI is InChI=1S/C18H20N2O/c1-19-11-17-10-16-9-15(7-8-18(16)20-17)13-21-12-14-5-3-2-4-6-14/h2-10,19-20H,11-13H2,1H3. The molecule has 3 heteroatoms. The molecule has 108 valence electrons. The van der Waals surface area contributed by atoms with Gasteiger partial charge in [-0.1, -0.05) is 36.4 Å². The smallest absolute Gasteiger partial charge is 0.0721 e. The second-order valence-electron chi connectivity index (χ2n) is 5.22. The molecule has 1 aromatic heterocycles. The highest BCUT2D eigenvalue weighted by Crippen LogP contribution is 2.18. The van der Waals surface area contributed by atoms with E-state index in [9.17, 15) is 0 Å². The van der Waals surface area contributed by atoms with Crippen LogP contribution in [0.15, 0.2) is 54.6 Å². The van der Waals surface area contributed by atoms with Gasteiger partial charge in [0.05, 0.1) is 13.2 Å². The minimum Gasteiger partial charge on any atom is -0.372 e. The molecule has 0 aliphatic carbocycles. The van der Waals surface area contributed by atoms with E-state index in [1.165, 1.54) is 27.7 Å². The van der Waals surface area contributed by atoms with Gasteiger partial charge in [0.1, 0.15) is 0 Å². The van der Waals surface area contributed by atoms with E-state index < -0.39 is 0 Å². The van der Waals surface area contributed by atoms with Gasteiger partial charge >= 0.3 is 0 Å². The van der Waals surface area contributed by atoms with Gasteiger partial charge in [-0.3, -0.25) is 0 Å². The highest BCUT2D eigenvalue weighted by molar-refractivity contribution is 5.81. The van der Waals surface area contributed by atoms with Crippen molar-refractivity contribution in [2.45, 2.75) is 19.8 Å². The Hall–Kier alpha value is -2.10. The number of fused-ring (bicyclic) bond motifs is 1. The average molecular weight is 280 g/mol. The third-order valence-corrected chi connectivity index (χ3v) is 3.49. The summed E-state index contributed by atoms with van der Waals surface area (Å²) in [4.78, 5) is 3.40. The summed E-state index contributed by atoms with van der Waals surface area (Å²) in [6.07, 6.45) is 0. The Kier molecular flexibility index (Phi) is 4.34. The minimum absolute atomic E-state index is 0.636. The number of H-pyrrole nitrogens is 1. The number of nitrogens with one attached hydrogen (secondary N) is 2. The molecule has 0 spiro atoms. The molecular formula is C18H20N2O. The van der Waals surface area contributed by atoms with E-state index in [1.54, 1.807) is 0 Å². The molecule has 3 aromatic rings. The second kappa shape index (κ2) is 6.57. The van der Waals surface area contributed by atoms with Gasteiger partial charge < -0.3 is 15.0 Å². The topological polar surface area (TPSA) is 37.0 Å². The maximum atomic E-state index is 5.79. The Morgan fingerprint density at radius 2 is 1.76 bits per heavy atom. The third-order valence-electron chi connectivity index (χ3n) is 3.49. The lowest BCUT2D eigenvalue weighted by atomic mass is 10.1. The Bertz CT molecular complexity index is 704. The van der Waals surface area contributed by atoms with Crippen molar-refractivity contribution in [1.29, 1.82) is 0 Å². The van der Waals surface area contributed by atoms with Crippen LogP contribution in [0.4, 0.5) is 0 Å². The molecule has 2 aromatic carbocycles. The van der Waals surface area contributed by atoms with Crippen LogP contribution in [-0.4, -0.2) is 12.0 Å². The van der Waals surface area contributed by atoms with Crippen LogP contribution >= 0.6 is 0 Å². The number of aromatic amines is 1. The molecule has 3 rings (SSSR count). The predicted octanol–water partition coefficient (Wildman–Crippen LogP) is 3.60. The van der Waals surface area contributed by atoms with Crippen LogP contribution in [0, 0.1) is 0 Å². The van der Waals surface area contributed by atoms with E-state index in [4.69, 9.17) is 4.74 Å². The summed E-state index contributed by atoms with van der Waals surface area (Å²) in [7, 11) is 1.95. The van der Waals surface area contributed by atoms with Gasteiger partial charge in [-0.05, 0) is 36.4 Å². The predicted molar refractivity (Wildman–Crippen MR) is 86.0 cm³/mol. The van der Waals surface area contributed by atoms with E-state index in [1.807, 2.05) is 25.2 Å². The molecule has 0 radical (unpaired) electrons. The molecule has 2 N–H and O–H groups in total. The van der Waals surface area contributed by atoms with E-state index in [0.29, 0.717) is 13.2 Å². The lowest BCUT2D eigenvalue weighted by molar-refractivity contribution is 0.107. The molecule has 0 bridgehead atoms. The highest BCUT2D eigenvalue weighted by Gasteiger charge is 2.02. The normalized spacial score (nSPS) is 11.1. The molecule has 21 heavy (non-hydrogen) atoms. The SMILES string of the molecule is CNCc1cc2cc(COCc3ccccc3)ccc2[nH]1. The minimum atomic E-state index is 0.636. The van der Waals surface area contributed by atoms with Crippen LogP contribution in [0.1, 0.15) is 16.8 Å². The summed E-state index contributed by atoms with van der Waals surface area (Å²) in [6.45, 7) is 2.14. The zero-order chi connectivity index (χ0) is 14.5. The first kappa shape index (κ1) is 13.9. The van der Waals surface area contributed by atoms with Gasteiger partial charge in [0.25, 0.3) is 0 Å². The van der Waals surface area contributed by atoms with Gasteiger partial charge in [-0.25, -0.2) is 0 Å². The number of hydrogen-bond donors (Lipinski definition) is 2. The molecule has 0 unspecified atom stereocenters. The molecule has 3 nitrogen and oxygen atoms in total. The fraction of sp³-hybridized carbons (Fsp3) is 0.222. The molecule has 1 heterocycles. The van der Waals surface area contributed by atoms with Gasteiger partial charge in [0.2, 0.25) is 0 Å². The number of aromatic nitrogens is 1. The molecule has 0 aliphatic rings. The van der Waals surface area contributed by atoms with Gasteiger partial charge in [0, 0.05) is 23.1 Å². The van der Waals surface area contributed by atoms with Crippen LogP contribution in [-0.2, 0) is 24.5 Å². The van der Waals surface area contributed by atoms with Gasteiger partial charge in [0.15, 0.2) is 0 Å². The van der Waals surface area contributed by atoms with E-state index in [-0.39, 0.29) is 0 Å². The van der Waals surface area contributed by atoms with Crippen molar-refractivity contribution in [3.05, 3.63) is 71.4 Å². The van der Waals surface area contributed by atoms with Crippen LogP contribution in [0.5, 0.6) is 0 Å². The van der Waals surface area contributed by atoms with E-state index in [0.717, 1.165) is 6.54 Å². The van der Waals surface area contributed by atoms with E-state index >= 15 is 0 Å². The molecular weight excluding hydrogens is 260 g/mol. The lowest BCUT2D eigenvalue weighted by Gasteiger charge is -2.04. The Labute approximate surface area is 125 Å². The number of ether oxygens (including phenoxy) is 1. The summed E-state index contributed by atoms with van der Waals surface area (Å²) in [6, 6.07) is 18.9. The summed E-state index contributed by atoms with van der Waals surface area (Å²) in [5.74, 6) is 0. The number of hydrogen-bond acceptors (Lipinski definition) is 2. The third kappa shape index (κ3) is 3.51. The van der Waals surface area contributed by atoms with Crippen LogP contribution in [0.3, 0.4) is 0 Å². The van der Waals surface area contributed by atoms with Crippen LogP contribution < -0.4 is 5.32 Å². The molecule has 0 saturated carbocycles. The average Bonchev–Trinajstić information content (AvgIpc) is 2.90. The fourth-order valence-electron chi connectivity index (χ4n) is 2.48. The van der Waals surface area contributed by atoms with Crippen molar-refractivity contribution in [3.8, 4) is 0 Å². The maximum absolute atomic E-state index is 5.79. The Morgan fingerprint density at radius 3 is 2.57 bits per heavy atom. The first-order valence-electron chi connectivity index (χ1n) is 7.22. The van der Waals surface area contributed by atoms with Crippen molar-refractivity contribution in [2.75, 3.05) is 7.05 Å². The van der Waals surface area contributed by atoms with Crippen molar-refractivity contribution < 1.29 is 4.74 Å². The molecule has 0 fully saturated rings. The lowest BCUT2D eigenvalue weighted by Crippen LogP contribution is -2.04. The Morgan fingerprint density at radius 1 is 0.952 bits per heavy atom. The monoisotopic (exact) mass is 280 g/mol. The summed E-state index contributed by atoms with van der Waals surface area (Å²) in [5.41, 5.74) is 4.78. The van der Waals surface area contributed by atoms with E-state index in [2.05, 4.69) is 46.7 Å². The second-order valence-corrected chi connectivity index (χ2v) is 5.22. The molecule has 0 aliphatic heterocycles. The molecule has 0 saturated heterocycles. The Balaban J connectivity index is 1.64. The van der Waals surface area contributed by atoms with Gasteiger partial charge in [-0.15, -0.1) is 0 Å². The van der Waals surface area contributed by atoms with Crippen molar-refractivity contribution in [3.63, 3.8) is 0 Å². The largest absolute Gasteiger partial charge is 0.372 e. The maximum Gasteiger partial charge on any atom is 0.0721 e. The summed E-state index contributed by atoms with van der Waals surface area (Å²) >= 11 is 0. The summed E-state index contributed by atoms with van der Waals surface area (Å²) < 4.78 is 5.79. The van der Waals surface area contributed by atoms with Crippen molar-refractivity contribution in [2.24, 2.45) is 0 Å². The van der Waals surface area contributed by atoms with Crippen LogP contribution in [0.25, 0.3) is 10.9 Å². The van der Waals surface area contributed by atoms with Crippen molar-refractivity contribution >= 4 is 10.9 Å². The highest BCUT2D eigenvalue weighted by atomic mass is 16.5. The first-order chi connectivity index (χ1) is 10.3. The zero-order valence-electron chi connectivity index (χ0n) is 12.2. The van der Waals surface area contributed by atoms with Crippen molar-refractivity contribution in [1.82, 2.24) is 10.3 Å². The fourth-order valence-corrected chi connectivity index (χ4v) is 2.48. The number of rotatable bonds is 6. The zero-order valence-corrected chi connectivity index (χ0v) is 12.2. The number of benzene rings is 2. The molecule has 0 amide bonds. The molecule has 0 atom stereocenters.